The fraction of sp³-hybridized carbons (Fsp3) is 0.556. The first-order chi connectivity index (χ1) is 11.2. The molecule has 2 aliphatic heterocycles. The highest BCUT2D eigenvalue weighted by Gasteiger charge is 2.36. The van der Waals surface area contributed by atoms with Gasteiger partial charge in [0.05, 0.1) is 12.1 Å². The van der Waals surface area contributed by atoms with Gasteiger partial charge in [-0.3, -0.25) is 10.1 Å². The number of ether oxygens (including phenoxy) is 1. The van der Waals surface area contributed by atoms with E-state index in [9.17, 15) is 4.79 Å². The van der Waals surface area contributed by atoms with Crippen LogP contribution >= 0.6 is 0 Å². The van der Waals surface area contributed by atoms with E-state index in [0.29, 0.717) is 13.2 Å². The second kappa shape index (κ2) is 7.01. The third kappa shape index (κ3) is 3.48. The summed E-state index contributed by atoms with van der Waals surface area (Å²) in [5.41, 5.74) is 1.12. The summed E-state index contributed by atoms with van der Waals surface area (Å²) in [7, 11) is 0. The van der Waals surface area contributed by atoms with Crippen molar-refractivity contribution >= 4 is 5.91 Å². The molecule has 122 valence electrons. The molecule has 2 aliphatic rings. The SMILES string of the molecule is Cc1ccccc1OC[C@H]1CC[C@@H](C(=O)N2CCC[C@H]2C#N)N1. The van der Waals surface area contributed by atoms with Crippen LogP contribution in [0.5, 0.6) is 5.75 Å². The maximum Gasteiger partial charge on any atom is 0.240 e. The molecule has 2 saturated heterocycles. The summed E-state index contributed by atoms with van der Waals surface area (Å²) in [6.45, 7) is 3.30. The lowest BCUT2D eigenvalue weighted by molar-refractivity contribution is -0.133. The molecule has 1 aromatic carbocycles. The average Bonchev–Trinajstić information content (AvgIpc) is 3.22. The Morgan fingerprint density at radius 3 is 3.00 bits per heavy atom. The Morgan fingerprint density at radius 1 is 1.39 bits per heavy atom. The quantitative estimate of drug-likeness (QED) is 0.923. The molecule has 0 aliphatic carbocycles. The lowest BCUT2D eigenvalue weighted by atomic mass is 10.1. The molecule has 2 heterocycles. The maximum atomic E-state index is 12.6. The highest BCUT2D eigenvalue weighted by atomic mass is 16.5. The summed E-state index contributed by atoms with van der Waals surface area (Å²) in [5.74, 6) is 0.973. The molecular formula is C18H23N3O2. The van der Waals surface area contributed by atoms with Crippen molar-refractivity contribution in [3.8, 4) is 11.8 Å². The third-order valence-corrected chi connectivity index (χ3v) is 4.76. The van der Waals surface area contributed by atoms with E-state index in [1.165, 1.54) is 0 Å². The predicted octanol–water partition coefficient (Wildman–Crippen LogP) is 2.01. The standard InChI is InChI=1S/C18H23N3O2/c1-13-5-2-3-7-17(13)23-12-14-8-9-16(20-14)18(22)21-10-4-6-15(21)11-19/h2-3,5,7,14-16,20H,4,6,8-10,12H2,1H3/t14-,15+,16+/m1/s1. The van der Waals surface area contributed by atoms with E-state index < -0.39 is 0 Å². The Balaban J connectivity index is 1.51. The topological polar surface area (TPSA) is 65.4 Å². The first-order valence-corrected chi connectivity index (χ1v) is 8.33. The zero-order valence-corrected chi connectivity index (χ0v) is 13.5. The van der Waals surface area contributed by atoms with Gasteiger partial charge in [0.25, 0.3) is 0 Å². The van der Waals surface area contributed by atoms with E-state index >= 15 is 0 Å². The molecule has 0 saturated carbocycles. The number of rotatable bonds is 4. The number of hydrogen-bond acceptors (Lipinski definition) is 4. The zero-order chi connectivity index (χ0) is 16.2. The van der Waals surface area contributed by atoms with Crippen LogP contribution in [-0.4, -0.2) is 42.1 Å². The van der Waals surface area contributed by atoms with Crippen LogP contribution in [0.1, 0.15) is 31.2 Å². The number of nitriles is 1. The van der Waals surface area contributed by atoms with Gasteiger partial charge in [-0.1, -0.05) is 18.2 Å². The number of aryl methyl sites for hydroxylation is 1. The Bertz CT molecular complexity index is 611. The van der Waals surface area contributed by atoms with E-state index in [0.717, 1.165) is 37.0 Å². The molecule has 0 radical (unpaired) electrons. The molecule has 3 rings (SSSR count). The summed E-state index contributed by atoms with van der Waals surface area (Å²) >= 11 is 0. The number of para-hydroxylation sites is 1. The van der Waals surface area contributed by atoms with Gasteiger partial charge in [-0.2, -0.15) is 5.26 Å². The molecular weight excluding hydrogens is 290 g/mol. The van der Waals surface area contributed by atoms with E-state index in [1.807, 2.05) is 31.2 Å². The van der Waals surface area contributed by atoms with Crippen LogP contribution in [0.4, 0.5) is 0 Å². The molecule has 0 bridgehead atoms. The van der Waals surface area contributed by atoms with Gasteiger partial charge in [-0.05, 0) is 44.2 Å². The van der Waals surface area contributed by atoms with Crippen molar-refractivity contribution in [2.45, 2.75) is 50.7 Å². The van der Waals surface area contributed by atoms with Crippen molar-refractivity contribution in [1.29, 1.82) is 5.26 Å². The fourth-order valence-corrected chi connectivity index (χ4v) is 3.42. The van der Waals surface area contributed by atoms with Crippen molar-refractivity contribution < 1.29 is 9.53 Å². The van der Waals surface area contributed by atoms with Gasteiger partial charge in [0, 0.05) is 12.6 Å². The molecule has 3 atom stereocenters. The molecule has 0 aromatic heterocycles. The smallest absolute Gasteiger partial charge is 0.240 e. The minimum atomic E-state index is -0.244. The lowest BCUT2D eigenvalue weighted by Gasteiger charge is -2.24. The molecule has 1 amide bonds. The van der Waals surface area contributed by atoms with Crippen LogP contribution in [-0.2, 0) is 4.79 Å². The Hall–Kier alpha value is -2.06. The van der Waals surface area contributed by atoms with Crippen LogP contribution in [0.3, 0.4) is 0 Å². The van der Waals surface area contributed by atoms with Gasteiger partial charge < -0.3 is 9.64 Å². The largest absolute Gasteiger partial charge is 0.492 e. The third-order valence-electron chi connectivity index (χ3n) is 4.76. The number of amides is 1. The Labute approximate surface area is 137 Å². The minimum Gasteiger partial charge on any atom is -0.492 e. The Morgan fingerprint density at radius 2 is 2.22 bits per heavy atom. The molecule has 23 heavy (non-hydrogen) atoms. The van der Waals surface area contributed by atoms with Gasteiger partial charge in [0.2, 0.25) is 5.91 Å². The molecule has 1 N–H and O–H groups in total. The monoisotopic (exact) mass is 313 g/mol. The average molecular weight is 313 g/mol. The molecule has 0 unspecified atom stereocenters. The second-order valence-electron chi connectivity index (χ2n) is 6.39. The summed E-state index contributed by atoms with van der Waals surface area (Å²) < 4.78 is 5.88. The van der Waals surface area contributed by atoms with Gasteiger partial charge in [0.15, 0.2) is 0 Å². The molecule has 2 fully saturated rings. The van der Waals surface area contributed by atoms with Crippen LogP contribution in [0.25, 0.3) is 0 Å². The number of hydrogen-bond donors (Lipinski definition) is 1. The van der Waals surface area contributed by atoms with Crippen molar-refractivity contribution in [2.75, 3.05) is 13.2 Å². The molecule has 5 nitrogen and oxygen atoms in total. The fourth-order valence-electron chi connectivity index (χ4n) is 3.42. The van der Waals surface area contributed by atoms with E-state index in [4.69, 9.17) is 10.00 Å². The molecule has 5 heteroatoms. The van der Waals surface area contributed by atoms with Crippen LogP contribution in [0.15, 0.2) is 24.3 Å². The first-order valence-electron chi connectivity index (χ1n) is 8.33. The molecule has 1 aromatic rings. The molecule has 0 spiro atoms. The maximum absolute atomic E-state index is 12.6. The predicted molar refractivity (Wildman–Crippen MR) is 87.0 cm³/mol. The van der Waals surface area contributed by atoms with Crippen molar-refractivity contribution in [3.63, 3.8) is 0 Å². The van der Waals surface area contributed by atoms with Crippen LogP contribution < -0.4 is 10.1 Å². The minimum absolute atomic E-state index is 0.0763. The zero-order valence-electron chi connectivity index (χ0n) is 13.5. The summed E-state index contributed by atoms with van der Waals surface area (Å²) in [5, 5.41) is 12.5. The van der Waals surface area contributed by atoms with Crippen molar-refractivity contribution in [1.82, 2.24) is 10.2 Å². The second-order valence-corrected chi connectivity index (χ2v) is 6.39. The van der Waals surface area contributed by atoms with Crippen molar-refractivity contribution in [2.24, 2.45) is 0 Å². The normalized spacial score (nSPS) is 27.0. The van der Waals surface area contributed by atoms with Crippen LogP contribution in [0, 0.1) is 18.3 Å². The highest BCUT2D eigenvalue weighted by molar-refractivity contribution is 5.83. The van der Waals surface area contributed by atoms with Gasteiger partial charge >= 0.3 is 0 Å². The number of nitrogens with one attached hydrogen (secondary N) is 1. The van der Waals surface area contributed by atoms with Gasteiger partial charge in [-0.15, -0.1) is 0 Å². The van der Waals surface area contributed by atoms with Crippen molar-refractivity contribution in [3.05, 3.63) is 29.8 Å². The lowest BCUT2D eigenvalue weighted by Crippen LogP contribution is -2.47. The summed E-state index contributed by atoms with van der Waals surface area (Å²) in [4.78, 5) is 14.3. The summed E-state index contributed by atoms with van der Waals surface area (Å²) in [6, 6.07) is 9.96. The van der Waals surface area contributed by atoms with E-state index in [2.05, 4.69) is 11.4 Å². The van der Waals surface area contributed by atoms with E-state index in [-0.39, 0.29) is 24.0 Å². The number of benzene rings is 1. The first kappa shape index (κ1) is 15.8. The number of carbonyl (C=O) groups is 1. The van der Waals surface area contributed by atoms with E-state index in [1.54, 1.807) is 4.90 Å². The number of likely N-dealkylation sites (tertiary alicyclic amines) is 1. The van der Waals surface area contributed by atoms with Gasteiger partial charge in [0.1, 0.15) is 18.4 Å². The van der Waals surface area contributed by atoms with Crippen LogP contribution in [0.2, 0.25) is 0 Å². The Kier molecular flexibility index (Phi) is 4.82. The number of carbonyl (C=O) groups excluding carboxylic acids is 1. The van der Waals surface area contributed by atoms with Gasteiger partial charge in [-0.25, -0.2) is 0 Å². The summed E-state index contributed by atoms with van der Waals surface area (Å²) in [6.07, 6.45) is 3.47. The number of nitrogens with zero attached hydrogens (tertiary/aromatic N) is 2. The highest BCUT2D eigenvalue weighted by Crippen LogP contribution is 2.23.